The number of anilines is 1. The molecule has 1 aliphatic carbocycles. The smallest absolute Gasteiger partial charge is 0.229 e. The van der Waals surface area contributed by atoms with Gasteiger partial charge in [-0.3, -0.25) is 4.79 Å². The Kier molecular flexibility index (Phi) is 3.21. The van der Waals surface area contributed by atoms with E-state index < -0.39 is 0 Å². The zero-order chi connectivity index (χ0) is 15.1. The lowest BCUT2D eigenvalue weighted by Crippen LogP contribution is -2.30. The molecular formula is C17H20N4O. The van der Waals surface area contributed by atoms with Gasteiger partial charge in [0.25, 0.3) is 0 Å². The predicted molar refractivity (Wildman–Crippen MR) is 83.6 cm³/mol. The number of aromatic nitrogens is 3. The zero-order valence-corrected chi connectivity index (χ0v) is 12.7. The Labute approximate surface area is 129 Å². The summed E-state index contributed by atoms with van der Waals surface area (Å²) >= 11 is 0. The fourth-order valence-electron chi connectivity index (χ4n) is 3.21. The standard InChI is InChI=1S/C17H20N4O/c1-11-18-10-15-8-13(6-7-21(11)15)17(22)20-16-5-4-14(9-19-16)12-2-3-12/h4-5,9-10,12-13H,2-3,6-8H2,1H3,(H,19,20,22)/t13-/m0/s1. The SMILES string of the molecule is Cc1ncc2n1CC[C@H](C(=O)Nc1ccc(C3CC3)cn1)C2. The van der Waals surface area contributed by atoms with Gasteiger partial charge in [-0.05, 0) is 43.7 Å². The number of hydrogen-bond donors (Lipinski definition) is 1. The summed E-state index contributed by atoms with van der Waals surface area (Å²) in [5.41, 5.74) is 2.44. The molecule has 1 fully saturated rings. The van der Waals surface area contributed by atoms with Crippen molar-refractivity contribution in [3.63, 3.8) is 0 Å². The van der Waals surface area contributed by atoms with Gasteiger partial charge in [-0.15, -0.1) is 0 Å². The molecule has 5 nitrogen and oxygen atoms in total. The third-order valence-electron chi connectivity index (χ3n) is 4.75. The van der Waals surface area contributed by atoms with Crippen LogP contribution < -0.4 is 5.32 Å². The number of aryl methyl sites for hydroxylation is 1. The molecule has 1 atom stereocenters. The van der Waals surface area contributed by atoms with Crippen LogP contribution in [-0.2, 0) is 17.8 Å². The predicted octanol–water partition coefficient (Wildman–Crippen LogP) is 2.67. The molecule has 114 valence electrons. The van der Waals surface area contributed by atoms with Crippen LogP contribution in [0.5, 0.6) is 0 Å². The van der Waals surface area contributed by atoms with Crippen LogP contribution in [0, 0.1) is 12.8 Å². The number of rotatable bonds is 3. The first-order valence-electron chi connectivity index (χ1n) is 7.98. The molecule has 0 radical (unpaired) electrons. The van der Waals surface area contributed by atoms with E-state index in [0.29, 0.717) is 11.7 Å². The molecule has 0 saturated heterocycles. The van der Waals surface area contributed by atoms with E-state index in [-0.39, 0.29) is 11.8 Å². The van der Waals surface area contributed by atoms with Crippen molar-refractivity contribution in [1.82, 2.24) is 14.5 Å². The lowest BCUT2D eigenvalue weighted by molar-refractivity contribution is -0.120. The van der Waals surface area contributed by atoms with Crippen molar-refractivity contribution >= 4 is 11.7 Å². The Morgan fingerprint density at radius 1 is 1.23 bits per heavy atom. The first kappa shape index (κ1) is 13.5. The van der Waals surface area contributed by atoms with Crippen LogP contribution in [0.4, 0.5) is 5.82 Å². The van der Waals surface area contributed by atoms with E-state index in [0.717, 1.165) is 30.9 Å². The highest BCUT2D eigenvalue weighted by Gasteiger charge is 2.27. The highest BCUT2D eigenvalue weighted by molar-refractivity contribution is 5.91. The van der Waals surface area contributed by atoms with Crippen molar-refractivity contribution in [2.45, 2.75) is 45.1 Å². The van der Waals surface area contributed by atoms with Crippen molar-refractivity contribution < 1.29 is 4.79 Å². The van der Waals surface area contributed by atoms with Crippen molar-refractivity contribution in [2.24, 2.45) is 5.92 Å². The second-order valence-corrected chi connectivity index (χ2v) is 6.38. The molecular weight excluding hydrogens is 276 g/mol. The van der Waals surface area contributed by atoms with Crippen molar-refractivity contribution in [3.8, 4) is 0 Å². The van der Waals surface area contributed by atoms with Crippen LogP contribution >= 0.6 is 0 Å². The second-order valence-electron chi connectivity index (χ2n) is 6.38. The number of fused-ring (bicyclic) bond motifs is 1. The van der Waals surface area contributed by atoms with Crippen molar-refractivity contribution in [2.75, 3.05) is 5.32 Å². The van der Waals surface area contributed by atoms with Crippen LogP contribution in [0.1, 0.15) is 42.3 Å². The van der Waals surface area contributed by atoms with Gasteiger partial charge in [0, 0.05) is 37.0 Å². The lowest BCUT2D eigenvalue weighted by Gasteiger charge is -2.23. The minimum Gasteiger partial charge on any atom is -0.332 e. The molecule has 5 heteroatoms. The Morgan fingerprint density at radius 2 is 2.09 bits per heavy atom. The molecule has 1 N–H and O–H groups in total. The lowest BCUT2D eigenvalue weighted by atomic mass is 9.95. The summed E-state index contributed by atoms with van der Waals surface area (Å²) in [6.45, 7) is 2.88. The summed E-state index contributed by atoms with van der Waals surface area (Å²) in [4.78, 5) is 21.1. The molecule has 0 unspecified atom stereocenters. The monoisotopic (exact) mass is 296 g/mol. The number of nitrogens with one attached hydrogen (secondary N) is 1. The Bertz CT molecular complexity index is 700. The van der Waals surface area contributed by atoms with E-state index in [1.807, 2.05) is 25.4 Å². The molecule has 22 heavy (non-hydrogen) atoms. The van der Waals surface area contributed by atoms with Crippen LogP contribution in [0.25, 0.3) is 0 Å². The van der Waals surface area contributed by atoms with Crippen LogP contribution in [0.3, 0.4) is 0 Å². The van der Waals surface area contributed by atoms with Crippen molar-refractivity contribution in [1.29, 1.82) is 0 Å². The molecule has 4 rings (SSSR count). The number of amides is 1. The number of hydrogen-bond acceptors (Lipinski definition) is 3. The number of nitrogens with zero attached hydrogens (tertiary/aromatic N) is 3. The third-order valence-corrected chi connectivity index (χ3v) is 4.75. The normalized spacial score (nSPS) is 20.5. The Morgan fingerprint density at radius 3 is 2.82 bits per heavy atom. The largest absolute Gasteiger partial charge is 0.332 e. The van der Waals surface area contributed by atoms with E-state index in [1.165, 1.54) is 18.4 Å². The fourth-order valence-corrected chi connectivity index (χ4v) is 3.21. The highest BCUT2D eigenvalue weighted by atomic mass is 16.1. The second kappa shape index (κ2) is 5.23. The van der Waals surface area contributed by atoms with Crippen molar-refractivity contribution in [3.05, 3.63) is 41.6 Å². The summed E-state index contributed by atoms with van der Waals surface area (Å²) in [6, 6.07) is 4.00. The molecule has 1 saturated carbocycles. The minimum absolute atomic E-state index is 0.00788. The van der Waals surface area contributed by atoms with Gasteiger partial charge in [-0.25, -0.2) is 9.97 Å². The van der Waals surface area contributed by atoms with E-state index in [2.05, 4.69) is 25.9 Å². The van der Waals surface area contributed by atoms with Crippen LogP contribution in [-0.4, -0.2) is 20.4 Å². The minimum atomic E-state index is 0.00788. The molecule has 1 aliphatic heterocycles. The molecule has 3 heterocycles. The van der Waals surface area contributed by atoms with Gasteiger partial charge in [0.05, 0.1) is 0 Å². The van der Waals surface area contributed by atoms with Crippen LogP contribution in [0.15, 0.2) is 24.5 Å². The van der Waals surface area contributed by atoms with E-state index in [9.17, 15) is 4.79 Å². The van der Waals surface area contributed by atoms with Gasteiger partial charge in [0.2, 0.25) is 5.91 Å². The number of pyridine rings is 1. The molecule has 0 spiro atoms. The zero-order valence-electron chi connectivity index (χ0n) is 12.7. The third kappa shape index (κ3) is 2.51. The molecule has 0 aromatic carbocycles. The highest BCUT2D eigenvalue weighted by Crippen LogP contribution is 2.39. The molecule has 2 aromatic rings. The first-order valence-corrected chi connectivity index (χ1v) is 7.98. The van der Waals surface area contributed by atoms with Gasteiger partial charge >= 0.3 is 0 Å². The quantitative estimate of drug-likeness (QED) is 0.947. The maximum atomic E-state index is 12.4. The maximum absolute atomic E-state index is 12.4. The molecule has 0 bridgehead atoms. The first-order chi connectivity index (χ1) is 10.7. The molecule has 2 aromatic heterocycles. The number of carbonyl (C=O) groups is 1. The van der Waals surface area contributed by atoms with Gasteiger partial charge < -0.3 is 9.88 Å². The van der Waals surface area contributed by atoms with Gasteiger partial charge in [-0.2, -0.15) is 0 Å². The summed E-state index contributed by atoms with van der Waals surface area (Å²) < 4.78 is 2.20. The van der Waals surface area contributed by atoms with Gasteiger partial charge in [-0.1, -0.05) is 6.07 Å². The number of imidazole rings is 1. The van der Waals surface area contributed by atoms with Gasteiger partial charge in [0.15, 0.2) is 0 Å². The summed E-state index contributed by atoms with van der Waals surface area (Å²) in [6.07, 6.45) is 7.93. The topological polar surface area (TPSA) is 59.8 Å². The van der Waals surface area contributed by atoms with Gasteiger partial charge in [0.1, 0.15) is 11.6 Å². The summed E-state index contributed by atoms with van der Waals surface area (Å²) in [5.74, 6) is 2.46. The number of carbonyl (C=O) groups excluding carboxylic acids is 1. The molecule has 2 aliphatic rings. The van der Waals surface area contributed by atoms with E-state index >= 15 is 0 Å². The molecule has 1 amide bonds. The average molecular weight is 296 g/mol. The van der Waals surface area contributed by atoms with E-state index in [1.54, 1.807) is 0 Å². The summed E-state index contributed by atoms with van der Waals surface area (Å²) in [5, 5.41) is 2.96. The van der Waals surface area contributed by atoms with Crippen LogP contribution in [0.2, 0.25) is 0 Å². The Hall–Kier alpha value is -2.17. The summed E-state index contributed by atoms with van der Waals surface area (Å²) in [7, 11) is 0. The van der Waals surface area contributed by atoms with E-state index in [4.69, 9.17) is 0 Å². The maximum Gasteiger partial charge on any atom is 0.229 e. The Balaban J connectivity index is 1.41. The average Bonchev–Trinajstić information content (AvgIpc) is 3.32. The fraction of sp³-hybridized carbons (Fsp3) is 0.471.